The molecule has 2 heterocycles. The largest absolute Gasteiger partial charge is 0.338 e. The van der Waals surface area contributed by atoms with Crippen LogP contribution in [0.2, 0.25) is 5.02 Å². The summed E-state index contributed by atoms with van der Waals surface area (Å²) in [5, 5.41) is 2.78. The molecular formula is C19H21ClN2OS. The second kappa shape index (κ2) is 8.47. The van der Waals surface area contributed by atoms with Crippen molar-refractivity contribution in [3.63, 3.8) is 0 Å². The highest BCUT2D eigenvalue weighted by Crippen LogP contribution is 2.17. The van der Waals surface area contributed by atoms with Crippen LogP contribution in [0, 0.1) is 0 Å². The molecule has 3 nitrogen and oxygen atoms in total. The number of benzene rings is 1. The van der Waals surface area contributed by atoms with Crippen molar-refractivity contribution in [3.8, 4) is 0 Å². The van der Waals surface area contributed by atoms with Crippen LogP contribution in [-0.4, -0.2) is 41.9 Å². The number of hydrogen-bond acceptors (Lipinski definition) is 3. The van der Waals surface area contributed by atoms with Gasteiger partial charge in [0.05, 0.1) is 0 Å². The molecule has 1 amide bonds. The average molecular weight is 361 g/mol. The monoisotopic (exact) mass is 360 g/mol. The molecule has 0 atom stereocenters. The molecular weight excluding hydrogens is 340 g/mol. The molecule has 1 aromatic heterocycles. The van der Waals surface area contributed by atoms with Gasteiger partial charge in [0.1, 0.15) is 0 Å². The molecule has 1 aromatic carbocycles. The van der Waals surface area contributed by atoms with E-state index in [4.69, 9.17) is 11.6 Å². The van der Waals surface area contributed by atoms with E-state index < -0.39 is 0 Å². The smallest absolute Gasteiger partial charge is 0.246 e. The highest BCUT2D eigenvalue weighted by Gasteiger charge is 2.17. The van der Waals surface area contributed by atoms with E-state index in [1.165, 1.54) is 4.88 Å². The fraction of sp³-hybridized carbons (Fsp3) is 0.316. The standard InChI is InChI=1S/C19H21ClN2OS/c20-18-7-2-1-5-16(18)8-9-19(23)22-11-4-10-21(12-13-22)15-17-6-3-14-24-17/h1-3,5-9,14H,4,10-13,15H2/b9-8-. The SMILES string of the molecule is O=C(/C=C\c1ccccc1Cl)N1CCCN(Cc2cccs2)CC1. The van der Waals surface area contributed by atoms with E-state index in [2.05, 4.69) is 22.4 Å². The Morgan fingerprint density at radius 3 is 2.79 bits per heavy atom. The third-order valence-electron chi connectivity index (χ3n) is 4.17. The molecule has 0 bridgehead atoms. The molecule has 1 aliphatic heterocycles. The highest BCUT2D eigenvalue weighted by atomic mass is 35.5. The Hall–Kier alpha value is -1.62. The number of halogens is 1. The molecule has 3 rings (SSSR count). The first-order valence-electron chi connectivity index (χ1n) is 8.18. The van der Waals surface area contributed by atoms with Crippen molar-refractivity contribution < 1.29 is 4.79 Å². The molecule has 0 spiro atoms. The van der Waals surface area contributed by atoms with Gasteiger partial charge in [-0.05, 0) is 35.6 Å². The van der Waals surface area contributed by atoms with Crippen LogP contribution < -0.4 is 0 Å². The number of nitrogens with zero attached hydrogens (tertiary/aromatic N) is 2. The van der Waals surface area contributed by atoms with Crippen molar-refractivity contribution in [2.75, 3.05) is 26.2 Å². The van der Waals surface area contributed by atoms with E-state index in [0.717, 1.165) is 44.7 Å². The third kappa shape index (κ3) is 4.69. The van der Waals surface area contributed by atoms with Crippen LogP contribution in [0.25, 0.3) is 6.08 Å². The summed E-state index contributed by atoms with van der Waals surface area (Å²) in [4.78, 5) is 18.2. The van der Waals surface area contributed by atoms with E-state index in [1.54, 1.807) is 23.5 Å². The first-order valence-corrected chi connectivity index (χ1v) is 9.44. The molecule has 1 fully saturated rings. The van der Waals surface area contributed by atoms with Gasteiger partial charge in [0.25, 0.3) is 0 Å². The van der Waals surface area contributed by atoms with Crippen LogP contribution in [0.3, 0.4) is 0 Å². The first kappa shape index (κ1) is 17.2. The van der Waals surface area contributed by atoms with Gasteiger partial charge in [-0.15, -0.1) is 11.3 Å². The average Bonchev–Trinajstić information content (AvgIpc) is 2.98. The van der Waals surface area contributed by atoms with Crippen LogP contribution >= 0.6 is 22.9 Å². The van der Waals surface area contributed by atoms with Crippen molar-refractivity contribution in [2.45, 2.75) is 13.0 Å². The normalized spacial score (nSPS) is 16.5. The molecule has 2 aromatic rings. The van der Waals surface area contributed by atoms with Crippen molar-refractivity contribution in [2.24, 2.45) is 0 Å². The topological polar surface area (TPSA) is 23.6 Å². The van der Waals surface area contributed by atoms with Gasteiger partial charge < -0.3 is 4.90 Å². The summed E-state index contributed by atoms with van der Waals surface area (Å²) in [5.74, 6) is 0.0629. The minimum absolute atomic E-state index is 0.0629. The molecule has 0 N–H and O–H groups in total. The number of carbonyl (C=O) groups is 1. The van der Waals surface area contributed by atoms with Crippen LogP contribution in [0.15, 0.2) is 47.9 Å². The van der Waals surface area contributed by atoms with Crippen molar-refractivity contribution in [1.29, 1.82) is 0 Å². The summed E-state index contributed by atoms with van der Waals surface area (Å²) in [5.41, 5.74) is 0.877. The predicted octanol–water partition coefficient (Wildman–Crippen LogP) is 4.15. The zero-order valence-corrected chi connectivity index (χ0v) is 15.1. The lowest BCUT2D eigenvalue weighted by Gasteiger charge is -2.20. The minimum atomic E-state index is 0.0629. The number of hydrogen-bond donors (Lipinski definition) is 0. The highest BCUT2D eigenvalue weighted by molar-refractivity contribution is 7.09. The zero-order valence-electron chi connectivity index (χ0n) is 13.5. The zero-order chi connectivity index (χ0) is 16.8. The van der Waals surface area contributed by atoms with E-state index in [0.29, 0.717) is 5.02 Å². The quantitative estimate of drug-likeness (QED) is 0.765. The number of amides is 1. The van der Waals surface area contributed by atoms with E-state index in [9.17, 15) is 4.79 Å². The maximum Gasteiger partial charge on any atom is 0.246 e. The van der Waals surface area contributed by atoms with Crippen LogP contribution in [0.4, 0.5) is 0 Å². The van der Waals surface area contributed by atoms with Crippen molar-refractivity contribution in [3.05, 3.63) is 63.3 Å². The summed E-state index contributed by atoms with van der Waals surface area (Å²) in [6.45, 7) is 4.53. The molecule has 0 aliphatic carbocycles. The number of thiophene rings is 1. The second-order valence-corrected chi connectivity index (χ2v) is 7.33. The van der Waals surface area contributed by atoms with Crippen LogP contribution in [0.5, 0.6) is 0 Å². The van der Waals surface area contributed by atoms with E-state index in [-0.39, 0.29) is 5.91 Å². The van der Waals surface area contributed by atoms with Gasteiger partial charge in [-0.25, -0.2) is 0 Å². The Morgan fingerprint density at radius 2 is 2.00 bits per heavy atom. The predicted molar refractivity (Wildman–Crippen MR) is 101 cm³/mol. The van der Waals surface area contributed by atoms with Crippen LogP contribution in [0.1, 0.15) is 16.9 Å². The Morgan fingerprint density at radius 1 is 1.12 bits per heavy atom. The number of rotatable bonds is 4. The molecule has 0 unspecified atom stereocenters. The maximum absolute atomic E-state index is 12.4. The van der Waals surface area contributed by atoms with Crippen molar-refractivity contribution >= 4 is 34.9 Å². The molecule has 1 aliphatic rings. The van der Waals surface area contributed by atoms with Gasteiger partial charge in [-0.1, -0.05) is 35.9 Å². The minimum Gasteiger partial charge on any atom is -0.338 e. The Bertz CT molecular complexity index is 699. The molecule has 126 valence electrons. The van der Waals surface area contributed by atoms with E-state index in [1.807, 2.05) is 29.2 Å². The van der Waals surface area contributed by atoms with Gasteiger partial charge in [-0.2, -0.15) is 0 Å². The third-order valence-corrected chi connectivity index (χ3v) is 5.38. The summed E-state index contributed by atoms with van der Waals surface area (Å²) in [7, 11) is 0. The van der Waals surface area contributed by atoms with E-state index >= 15 is 0 Å². The molecule has 0 radical (unpaired) electrons. The lowest BCUT2D eigenvalue weighted by molar-refractivity contribution is -0.125. The van der Waals surface area contributed by atoms with Gasteiger partial charge in [-0.3, -0.25) is 9.69 Å². The molecule has 1 saturated heterocycles. The summed E-state index contributed by atoms with van der Waals surface area (Å²) in [6.07, 6.45) is 4.45. The lowest BCUT2D eigenvalue weighted by Crippen LogP contribution is -2.33. The maximum atomic E-state index is 12.4. The summed E-state index contributed by atoms with van der Waals surface area (Å²) in [6, 6.07) is 11.8. The summed E-state index contributed by atoms with van der Waals surface area (Å²) >= 11 is 7.92. The molecule has 0 saturated carbocycles. The van der Waals surface area contributed by atoms with Gasteiger partial charge >= 0.3 is 0 Å². The lowest BCUT2D eigenvalue weighted by atomic mass is 10.2. The van der Waals surface area contributed by atoms with Gasteiger partial charge in [0.2, 0.25) is 5.91 Å². The Balaban J connectivity index is 1.55. The molecule has 24 heavy (non-hydrogen) atoms. The number of carbonyl (C=O) groups excluding carboxylic acids is 1. The molecule has 5 heteroatoms. The van der Waals surface area contributed by atoms with Gasteiger partial charge in [0.15, 0.2) is 0 Å². The summed E-state index contributed by atoms with van der Waals surface area (Å²) < 4.78 is 0. The second-order valence-electron chi connectivity index (χ2n) is 5.89. The van der Waals surface area contributed by atoms with Crippen molar-refractivity contribution in [1.82, 2.24) is 9.80 Å². The Kier molecular flexibility index (Phi) is 6.07. The van der Waals surface area contributed by atoms with Gasteiger partial charge in [0, 0.05) is 48.7 Å². The van der Waals surface area contributed by atoms with Crippen LogP contribution in [-0.2, 0) is 11.3 Å². The fourth-order valence-corrected chi connectivity index (χ4v) is 3.79. The first-order chi connectivity index (χ1) is 11.7. The fourth-order valence-electron chi connectivity index (χ4n) is 2.85. The Labute approximate surface area is 152 Å².